The maximum atomic E-state index is 11.4. The highest BCUT2D eigenvalue weighted by molar-refractivity contribution is 7.98. The van der Waals surface area contributed by atoms with Gasteiger partial charge < -0.3 is 5.32 Å². The summed E-state index contributed by atoms with van der Waals surface area (Å²) in [7, 11) is -2.94. The van der Waals surface area contributed by atoms with E-state index in [1.54, 1.807) is 0 Å². The number of hydrogen-bond acceptors (Lipinski definition) is 7. The molecular weight excluding hydrogens is 272 g/mol. The van der Waals surface area contributed by atoms with E-state index in [2.05, 4.69) is 21.4 Å². The largest absolute Gasteiger partial charge is 0.365 e. The van der Waals surface area contributed by atoms with Crippen LogP contribution in [-0.2, 0) is 9.84 Å². The molecular formula is C10H12N4O2S2. The molecule has 8 heteroatoms. The predicted octanol–water partition coefficient (Wildman–Crippen LogP) is 0.669. The van der Waals surface area contributed by atoms with Crippen LogP contribution in [0.4, 0.5) is 5.82 Å². The molecule has 1 saturated heterocycles. The van der Waals surface area contributed by atoms with E-state index < -0.39 is 9.84 Å². The molecule has 0 amide bonds. The van der Waals surface area contributed by atoms with Gasteiger partial charge >= 0.3 is 0 Å². The number of hydrogen-bond donors (Lipinski definition) is 1. The van der Waals surface area contributed by atoms with Crippen LogP contribution in [0.15, 0.2) is 11.4 Å². The average molecular weight is 284 g/mol. The fraction of sp³-hybridized carbons (Fsp3) is 0.500. The maximum Gasteiger partial charge on any atom is 0.152 e. The van der Waals surface area contributed by atoms with Crippen LogP contribution >= 0.6 is 11.8 Å². The number of nitriles is 1. The summed E-state index contributed by atoms with van der Waals surface area (Å²) in [5.41, 5.74) is 0.370. The lowest BCUT2D eigenvalue weighted by Gasteiger charge is -2.13. The molecule has 1 aliphatic rings. The summed E-state index contributed by atoms with van der Waals surface area (Å²) in [5.74, 6) is 0.697. The summed E-state index contributed by atoms with van der Waals surface area (Å²) in [5, 5.41) is 12.7. The Labute approximate surface area is 110 Å². The molecule has 0 spiro atoms. The van der Waals surface area contributed by atoms with E-state index in [0.717, 1.165) is 0 Å². The minimum Gasteiger partial charge on any atom is -0.365 e. The van der Waals surface area contributed by atoms with Gasteiger partial charge in [0.05, 0.1) is 11.5 Å². The summed E-state index contributed by atoms with van der Waals surface area (Å²) in [6.07, 6.45) is 3.75. The Kier molecular flexibility index (Phi) is 3.73. The first kappa shape index (κ1) is 13.1. The lowest BCUT2D eigenvalue weighted by Crippen LogP contribution is -2.22. The van der Waals surface area contributed by atoms with Crippen molar-refractivity contribution in [2.45, 2.75) is 17.5 Å². The molecule has 96 valence electrons. The highest BCUT2D eigenvalue weighted by Gasteiger charge is 2.28. The van der Waals surface area contributed by atoms with Crippen LogP contribution in [-0.4, -0.2) is 42.2 Å². The van der Waals surface area contributed by atoms with Crippen LogP contribution in [0.2, 0.25) is 0 Å². The minimum atomic E-state index is -2.94. The molecule has 0 aromatic carbocycles. The van der Waals surface area contributed by atoms with E-state index in [-0.39, 0.29) is 17.5 Å². The van der Waals surface area contributed by atoms with Crippen molar-refractivity contribution in [2.24, 2.45) is 0 Å². The monoisotopic (exact) mass is 284 g/mol. The van der Waals surface area contributed by atoms with Gasteiger partial charge in [-0.3, -0.25) is 0 Å². The van der Waals surface area contributed by atoms with Crippen molar-refractivity contribution in [2.75, 3.05) is 23.1 Å². The molecule has 0 bridgehead atoms. The molecule has 1 aromatic rings. The average Bonchev–Trinajstić information content (AvgIpc) is 2.68. The van der Waals surface area contributed by atoms with Gasteiger partial charge in [-0.25, -0.2) is 18.4 Å². The molecule has 2 heterocycles. The summed E-state index contributed by atoms with van der Waals surface area (Å²) >= 11 is 1.36. The Morgan fingerprint density at radius 1 is 1.56 bits per heavy atom. The third-order valence-electron chi connectivity index (χ3n) is 2.69. The van der Waals surface area contributed by atoms with Gasteiger partial charge in [-0.15, -0.1) is 11.8 Å². The van der Waals surface area contributed by atoms with Crippen LogP contribution in [0.3, 0.4) is 0 Å². The van der Waals surface area contributed by atoms with Gasteiger partial charge in [0, 0.05) is 6.04 Å². The molecule has 18 heavy (non-hydrogen) atoms. The van der Waals surface area contributed by atoms with Gasteiger partial charge in [-0.1, -0.05) is 0 Å². The van der Waals surface area contributed by atoms with E-state index in [0.29, 0.717) is 22.8 Å². The van der Waals surface area contributed by atoms with Crippen molar-refractivity contribution in [3.8, 4) is 6.07 Å². The van der Waals surface area contributed by atoms with E-state index in [1.165, 1.54) is 18.1 Å². The van der Waals surface area contributed by atoms with Crippen molar-refractivity contribution < 1.29 is 8.42 Å². The molecule has 1 aromatic heterocycles. The number of nitrogens with one attached hydrogen (secondary N) is 1. The molecule has 1 fully saturated rings. The number of sulfone groups is 1. The third-order valence-corrected chi connectivity index (χ3v) is 5.16. The third kappa shape index (κ3) is 2.73. The zero-order chi connectivity index (χ0) is 13.2. The number of aromatic nitrogens is 2. The standard InChI is InChI=1S/C10H12N4O2S2/c1-17-10-8(4-11)9(12-6-13-10)14-7-2-3-18(15,16)5-7/h6-7H,2-3,5H2,1H3,(H,12,13,14)/t7-/m1/s1. The van der Waals surface area contributed by atoms with E-state index >= 15 is 0 Å². The first-order chi connectivity index (χ1) is 8.55. The van der Waals surface area contributed by atoms with Crippen molar-refractivity contribution in [3.05, 3.63) is 11.9 Å². The zero-order valence-corrected chi connectivity index (χ0v) is 11.4. The quantitative estimate of drug-likeness (QED) is 0.643. The Hall–Kier alpha value is -1.33. The second kappa shape index (κ2) is 5.12. The van der Waals surface area contributed by atoms with Gasteiger partial charge in [0.25, 0.3) is 0 Å². The van der Waals surface area contributed by atoms with Crippen LogP contribution < -0.4 is 5.32 Å². The summed E-state index contributed by atoms with van der Waals surface area (Å²) in [4.78, 5) is 8.02. The number of rotatable bonds is 3. The zero-order valence-electron chi connectivity index (χ0n) is 9.75. The van der Waals surface area contributed by atoms with Gasteiger partial charge in [-0.05, 0) is 12.7 Å². The van der Waals surface area contributed by atoms with E-state index in [4.69, 9.17) is 5.26 Å². The van der Waals surface area contributed by atoms with Crippen molar-refractivity contribution >= 4 is 27.4 Å². The highest BCUT2D eigenvalue weighted by atomic mass is 32.2. The lowest BCUT2D eigenvalue weighted by atomic mass is 10.2. The molecule has 1 atom stereocenters. The predicted molar refractivity (Wildman–Crippen MR) is 69.2 cm³/mol. The van der Waals surface area contributed by atoms with Crippen LogP contribution in [0, 0.1) is 11.3 Å². The topological polar surface area (TPSA) is 95.7 Å². The molecule has 1 aliphatic heterocycles. The second-order valence-electron chi connectivity index (χ2n) is 3.96. The fourth-order valence-corrected chi connectivity index (χ4v) is 4.01. The van der Waals surface area contributed by atoms with Crippen LogP contribution in [0.25, 0.3) is 0 Å². The maximum absolute atomic E-state index is 11.4. The molecule has 0 saturated carbocycles. The smallest absolute Gasteiger partial charge is 0.152 e. The molecule has 6 nitrogen and oxygen atoms in total. The second-order valence-corrected chi connectivity index (χ2v) is 6.99. The van der Waals surface area contributed by atoms with Crippen LogP contribution in [0.1, 0.15) is 12.0 Å². The van der Waals surface area contributed by atoms with Gasteiger partial charge in [0.2, 0.25) is 0 Å². The fourth-order valence-electron chi connectivity index (χ4n) is 1.84. The number of thioether (sulfide) groups is 1. The van der Waals surface area contributed by atoms with Crippen molar-refractivity contribution in [1.82, 2.24) is 9.97 Å². The molecule has 0 unspecified atom stereocenters. The number of anilines is 1. The summed E-state index contributed by atoms with van der Waals surface area (Å²) < 4.78 is 22.7. The summed E-state index contributed by atoms with van der Waals surface area (Å²) in [6.45, 7) is 0. The first-order valence-electron chi connectivity index (χ1n) is 5.32. The van der Waals surface area contributed by atoms with Gasteiger partial charge in [0.15, 0.2) is 9.84 Å². The normalized spacial score (nSPS) is 21.4. The first-order valence-corrected chi connectivity index (χ1v) is 8.36. The molecule has 0 radical (unpaired) electrons. The van der Waals surface area contributed by atoms with E-state index in [1.807, 2.05) is 6.26 Å². The Bertz CT molecular complexity index is 594. The Morgan fingerprint density at radius 3 is 2.89 bits per heavy atom. The van der Waals surface area contributed by atoms with Gasteiger partial charge in [-0.2, -0.15) is 5.26 Å². The Morgan fingerprint density at radius 2 is 2.33 bits per heavy atom. The highest BCUT2D eigenvalue weighted by Crippen LogP contribution is 2.24. The van der Waals surface area contributed by atoms with Crippen molar-refractivity contribution in [1.29, 1.82) is 5.26 Å². The molecule has 2 rings (SSSR count). The van der Waals surface area contributed by atoms with E-state index in [9.17, 15) is 8.42 Å². The number of nitrogens with zero attached hydrogens (tertiary/aromatic N) is 3. The minimum absolute atomic E-state index is 0.0937. The Balaban J connectivity index is 2.23. The SMILES string of the molecule is CSc1ncnc(N[C@@H]2CCS(=O)(=O)C2)c1C#N. The lowest BCUT2D eigenvalue weighted by molar-refractivity contribution is 0.602. The van der Waals surface area contributed by atoms with Crippen LogP contribution in [0.5, 0.6) is 0 Å². The molecule has 0 aliphatic carbocycles. The molecule has 1 N–H and O–H groups in total. The van der Waals surface area contributed by atoms with Crippen molar-refractivity contribution in [3.63, 3.8) is 0 Å². The summed E-state index contributed by atoms with van der Waals surface area (Å²) in [6, 6.07) is 1.88. The van der Waals surface area contributed by atoms with Gasteiger partial charge in [0.1, 0.15) is 28.8 Å².